The summed E-state index contributed by atoms with van der Waals surface area (Å²) < 4.78 is 2.38. The van der Waals surface area contributed by atoms with Gasteiger partial charge in [0.15, 0.2) is 0 Å². The van der Waals surface area contributed by atoms with Crippen LogP contribution in [0.4, 0.5) is 5.69 Å². The number of fused-ring (bicyclic) bond motifs is 1. The predicted octanol–water partition coefficient (Wildman–Crippen LogP) is 3.17. The average Bonchev–Trinajstić information content (AvgIpc) is 2.89. The molecule has 0 radical (unpaired) electrons. The Labute approximate surface area is 102 Å². The molecule has 2 heterocycles. The molecule has 3 rings (SSSR count). The van der Waals surface area contributed by atoms with Gasteiger partial charge >= 0.3 is 0 Å². The summed E-state index contributed by atoms with van der Waals surface area (Å²) in [6, 6.07) is 10.6. The van der Waals surface area contributed by atoms with Crippen molar-refractivity contribution in [3.05, 3.63) is 53.3 Å². The molecule has 0 bridgehead atoms. The van der Waals surface area contributed by atoms with Crippen LogP contribution in [-0.2, 0) is 13.0 Å². The van der Waals surface area contributed by atoms with Crippen molar-refractivity contribution in [2.24, 2.45) is 0 Å². The maximum absolute atomic E-state index is 6.09. The highest BCUT2D eigenvalue weighted by Crippen LogP contribution is 2.37. The third-order valence-electron chi connectivity index (χ3n) is 3.78. The zero-order chi connectivity index (χ0) is 11.8. The van der Waals surface area contributed by atoms with Crippen molar-refractivity contribution >= 4 is 5.69 Å². The maximum Gasteiger partial charge on any atom is 0.0353 e. The normalized spacial score (nSPS) is 18.3. The first kappa shape index (κ1) is 10.5. The van der Waals surface area contributed by atoms with Gasteiger partial charge in [0.05, 0.1) is 0 Å². The Balaban J connectivity index is 2.03. The number of nitrogens with zero attached hydrogens (tertiary/aromatic N) is 1. The number of rotatable bonds is 2. The first-order chi connectivity index (χ1) is 8.29. The SMILES string of the molecule is CCc1cc2n(c1)CC[C@H]2c1ccccc1N. The molecular formula is C15H18N2. The van der Waals surface area contributed by atoms with E-state index in [1.165, 1.54) is 23.2 Å². The van der Waals surface area contributed by atoms with Crippen LogP contribution in [0, 0.1) is 0 Å². The minimum Gasteiger partial charge on any atom is -0.398 e. The molecule has 1 aliphatic heterocycles. The summed E-state index contributed by atoms with van der Waals surface area (Å²) in [6.45, 7) is 3.32. The lowest BCUT2D eigenvalue weighted by atomic mass is 9.93. The summed E-state index contributed by atoms with van der Waals surface area (Å²) in [7, 11) is 0. The first-order valence-corrected chi connectivity index (χ1v) is 6.33. The molecule has 88 valence electrons. The Morgan fingerprint density at radius 3 is 2.94 bits per heavy atom. The second-order valence-electron chi connectivity index (χ2n) is 4.79. The number of aryl methyl sites for hydroxylation is 2. The van der Waals surface area contributed by atoms with Crippen molar-refractivity contribution in [1.82, 2.24) is 4.57 Å². The number of nitrogen functional groups attached to an aromatic ring is 1. The van der Waals surface area contributed by atoms with Crippen molar-refractivity contribution in [3.8, 4) is 0 Å². The van der Waals surface area contributed by atoms with Crippen molar-refractivity contribution in [2.75, 3.05) is 5.73 Å². The third kappa shape index (κ3) is 1.64. The van der Waals surface area contributed by atoms with Gasteiger partial charge in [0.2, 0.25) is 0 Å². The highest BCUT2D eigenvalue weighted by atomic mass is 15.0. The quantitative estimate of drug-likeness (QED) is 0.783. The maximum atomic E-state index is 6.09. The van der Waals surface area contributed by atoms with Gasteiger partial charge < -0.3 is 10.3 Å². The van der Waals surface area contributed by atoms with Gasteiger partial charge in [-0.2, -0.15) is 0 Å². The van der Waals surface area contributed by atoms with Gasteiger partial charge in [-0.3, -0.25) is 0 Å². The van der Waals surface area contributed by atoms with Gasteiger partial charge in [-0.25, -0.2) is 0 Å². The van der Waals surface area contributed by atoms with Crippen LogP contribution in [0.2, 0.25) is 0 Å². The molecule has 1 aromatic carbocycles. The van der Waals surface area contributed by atoms with Gasteiger partial charge in [-0.15, -0.1) is 0 Å². The summed E-state index contributed by atoms with van der Waals surface area (Å²) in [6.07, 6.45) is 4.57. The van der Waals surface area contributed by atoms with Crippen LogP contribution in [0.1, 0.15) is 36.1 Å². The largest absolute Gasteiger partial charge is 0.398 e. The fourth-order valence-corrected chi connectivity index (χ4v) is 2.83. The topological polar surface area (TPSA) is 30.9 Å². The van der Waals surface area contributed by atoms with Crippen LogP contribution in [-0.4, -0.2) is 4.57 Å². The van der Waals surface area contributed by atoms with E-state index >= 15 is 0 Å². The standard InChI is InChI=1S/C15H18N2/c1-2-11-9-15-13(7-8-17(15)10-11)12-5-3-4-6-14(12)16/h3-6,9-10,13H,2,7-8,16H2,1H3/t13-/m0/s1. The zero-order valence-electron chi connectivity index (χ0n) is 10.2. The van der Waals surface area contributed by atoms with Crippen molar-refractivity contribution in [1.29, 1.82) is 0 Å². The van der Waals surface area contributed by atoms with Crippen molar-refractivity contribution in [3.63, 3.8) is 0 Å². The second kappa shape index (κ2) is 3.95. The minimum atomic E-state index is 0.483. The molecule has 2 nitrogen and oxygen atoms in total. The molecule has 0 saturated carbocycles. The van der Waals surface area contributed by atoms with E-state index in [4.69, 9.17) is 5.73 Å². The second-order valence-corrected chi connectivity index (χ2v) is 4.79. The summed E-state index contributed by atoms with van der Waals surface area (Å²) >= 11 is 0. The lowest BCUT2D eigenvalue weighted by Crippen LogP contribution is -2.00. The molecule has 1 atom stereocenters. The highest BCUT2D eigenvalue weighted by Gasteiger charge is 2.25. The van der Waals surface area contributed by atoms with Crippen LogP contribution in [0.25, 0.3) is 0 Å². The molecule has 0 unspecified atom stereocenters. The smallest absolute Gasteiger partial charge is 0.0353 e. The average molecular weight is 226 g/mol. The van der Waals surface area contributed by atoms with Gasteiger partial charge in [-0.05, 0) is 36.1 Å². The molecule has 2 aromatic rings. The number of aromatic nitrogens is 1. The van der Waals surface area contributed by atoms with Gasteiger partial charge in [0.1, 0.15) is 0 Å². The molecule has 2 N–H and O–H groups in total. The molecule has 0 aliphatic carbocycles. The van der Waals surface area contributed by atoms with Crippen LogP contribution in [0.5, 0.6) is 0 Å². The molecule has 0 fully saturated rings. The molecule has 1 aliphatic rings. The van der Waals surface area contributed by atoms with Gasteiger partial charge in [-0.1, -0.05) is 25.1 Å². The lowest BCUT2D eigenvalue weighted by Gasteiger charge is -2.12. The van der Waals surface area contributed by atoms with Crippen molar-refractivity contribution < 1.29 is 0 Å². The van der Waals surface area contributed by atoms with E-state index in [0.717, 1.165) is 18.7 Å². The number of hydrogen-bond donors (Lipinski definition) is 1. The predicted molar refractivity (Wildman–Crippen MR) is 71.1 cm³/mol. The van der Waals surface area contributed by atoms with Crippen LogP contribution in [0.15, 0.2) is 36.5 Å². The Hall–Kier alpha value is -1.70. The van der Waals surface area contributed by atoms with E-state index in [1.54, 1.807) is 0 Å². The van der Waals surface area contributed by atoms with Crippen LogP contribution in [0.3, 0.4) is 0 Å². The molecule has 2 heteroatoms. The van der Waals surface area contributed by atoms with E-state index in [1.807, 2.05) is 12.1 Å². The first-order valence-electron chi connectivity index (χ1n) is 6.33. The Morgan fingerprint density at radius 1 is 1.35 bits per heavy atom. The Kier molecular flexibility index (Phi) is 2.43. The van der Waals surface area contributed by atoms with E-state index in [9.17, 15) is 0 Å². The number of benzene rings is 1. The molecule has 0 spiro atoms. The monoisotopic (exact) mass is 226 g/mol. The number of hydrogen-bond acceptors (Lipinski definition) is 1. The fraction of sp³-hybridized carbons (Fsp3) is 0.333. The van der Waals surface area contributed by atoms with Gasteiger partial charge in [0, 0.05) is 30.0 Å². The minimum absolute atomic E-state index is 0.483. The van der Waals surface area contributed by atoms with Crippen molar-refractivity contribution in [2.45, 2.75) is 32.2 Å². The van der Waals surface area contributed by atoms with E-state index in [0.29, 0.717) is 5.92 Å². The fourth-order valence-electron chi connectivity index (χ4n) is 2.83. The summed E-state index contributed by atoms with van der Waals surface area (Å²) in [4.78, 5) is 0. The molecule has 0 saturated heterocycles. The number of anilines is 1. The van der Waals surface area contributed by atoms with E-state index in [-0.39, 0.29) is 0 Å². The summed E-state index contributed by atoms with van der Waals surface area (Å²) in [5, 5.41) is 0. The van der Waals surface area contributed by atoms with E-state index in [2.05, 4.69) is 35.9 Å². The number of nitrogens with two attached hydrogens (primary N) is 1. The number of para-hydroxylation sites is 1. The molecular weight excluding hydrogens is 208 g/mol. The molecule has 1 aromatic heterocycles. The van der Waals surface area contributed by atoms with Crippen LogP contribution < -0.4 is 5.73 Å². The zero-order valence-corrected chi connectivity index (χ0v) is 10.2. The summed E-state index contributed by atoms with van der Waals surface area (Å²) in [5.74, 6) is 0.483. The Bertz CT molecular complexity index is 540. The summed E-state index contributed by atoms with van der Waals surface area (Å²) in [5.41, 5.74) is 11.2. The van der Waals surface area contributed by atoms with E-state index < -0.39 is 0 Å². The lowest BCUT2D eigenvalue weighted by molar-refractivity contribution is 0.719. The van der Waals surface area contributed by atoms with Crippen LogP contribution >= 0.6 is 0 Å². The molecule has 17 heavy (non-hydrogen) atoms. The third-order valence-corrected chi connectivity index (χ3v) is 3.78. The van der Waals surface area contributed by atoms with Gasteiger partial charge in [0.25, 0.3) is 0 Å². The Morgan fingerprint density at radius 2 is 2.18 bits per heavy atom. The highest BCUT2D eigenvalue weighted by molar-refractivity contribution is 5.51. The molecule has 0 amide bonds.